The Kier molecular flexibility index (Phi) is 9.07. The number of aromatic nitrogens is 1. The van der Waals surface area contributed by atoms with E-state index < -0.39 is 11.7 Å². The van der Waals surface area contributed by atoms with Gasteiger partial charge in [-0.25, -0.2) is 0 Å². The molecule has 0 N–H and O–H groups in total. The lowest BCUT2D eigenvalue weighted by atomic mass is 10.0. The number of likely N-dealkylation sites (tertiary alicyclic amines) is 1. The van der Waals surface area contributed by atoms with Crippen molar-refractivity contribution in [2.45, 2.75) is 51.5 Å². The zero-order valence-electron chi connectivity index (χ0n) is 22.6. The fraction of sp³-hybridized carbons (Fsp3) is 0.355. The third-order valence-electron chi connectivity index (χ3n) is 7.31. The standard InChI is InChI=1S/C31H35F3N4O/c1-23(2)37-19-15-28(16-20-37)38(30(39)12-9-24-7-10-26(11-8-24)31(32,33)34)22-25-5-4-6-29(21-25)36(3)27-13-17-35-18-14-27/h4-14,17-18,21,23,28H,15-16,19-20,22H2,1-3H3. The Labute approximate surface area is 228 Å². The molecule has 4 rings (SSSR count). The van der Waals surface area contributed by atoms with Crippen LogP contribution in [0.3, 0.4) is 0 Å². The SMILES string of the molecule is CC(C)N1CCC(N(Cc2cccc(N(C)c3ccncc3)c2)C(=O)C=Cc2ccc(C(F)(F)F)cc2)CC1. The second kappa shape index (κ2) is 12.5. The first kappa shape index (κ1) is 28.4. The summed E-state index contributed by atoms with van der Waals surface area (Å²) in [7, 11) is 1.99. The van der Waals surface area contributed by atoms with Gasteiger partial charge in [0.15, 0.2) is 0 Å². The highest BCUT2D eigenvalue weighted by Crippen LogP contribution is 2.29. The molecule has 0 saturated carbocycles. The minimum absolute atomic E-state index is 0.0753. The topological polar surface area (TPSA) is 39.7 Å². The maximum atomic E-state index is 13.5. The van der Waals surface area contributed by atoms with Crippen LogP contribution in [0.15, 0.2) is 79.1 Å². The highest BCUT2D eigenvalue weighted by molar-refractivity contribution is 5.92. The van der Waals surface area contributed by atoms with E-state index in [4.69, 9.17) is 0 Å². The molecule has 1 aliphatic rings. The number of nitrogens with zero attached hydrogens (tertiary/aromatic N) is 4. The summed E-state index contributed by atoms with van der Waals surface area (Å²) < 4.78 is 38.7. The predicted molar refractivity (Wildman–Crippen MR) is 150 cm³/mol. The molecule has 0 spiro atoms. The average Bonchev–Trinajstić information content (AvgIpc) is 2.94. The number of carbonyl (C=O) groups is 1. The fourth-order valence-corrected chi connectivity index (χ4v) is 4.92. The van der Waals surface area contributed by atoms with Crippen molar-refractivity contribution in [2.75, 3.05) is 25.0 Å². The van der Waals surface area contributed by atoms with Crippen LogP contribution in [0.5, 0.6) is 0 Å². The third kappa shape index (κ3) is 7.47. The smallest absolute Gasteiger partial charge is 0.345 e. The number of halogens is 3. The lowest BCUT2D eigenvalue weighted by molar-refractivity contribution is -0.137. The molecule has 0 bridgehead atoms. The molecular weight excluding hydrogens is 501 g/mol. The van der Waals surface area contributed by atoms with E-state index in [1.54, 1.807) is 18.5 Å². The summed E-state index contributed by atoms with van der Waals surface area (Å²) in [5.74, 6) is -0.147. The summed E-state index contributed by atoms with van der Waals surface area (Å²) >= 11 is 0. The van der Waals surface area contributed by atoms with Gasteiger partial charge in [-0.15, -0.1) is 0 Å². The molecule has 2 heterocycles. The van der Waals surface area contributed by atoms with Crippen molar-refractivity contribution in [1.29, 1.82) is 0 Å². The molecule has 206 valence electrons. The monoisotopic (exact) mass is 536 g/mol. The van der Waals surface area contributed by atoms with Crippen molar-refractivity contribution in [2.24, 2.45) is 0 Å². The van der Waals surface area contributed by atoms with Gasteiger partial charge in [-0.3, -0.25) is 9.78 Å². The van der Waals surface area contributed by atoms with Gasteiger partial charge in [0.05, 0.1) is 5.56 Å². The Hall–Kier alpha value is -3.65. The number of rotatable bonds is 8. The van der Waals surface area contributed by atoms with Gasteiger partial charge < -0.3 is 14.7 Å². The second-order valence-electron chi connectivity index (χ2n) is 10.2. The number of benzene rings is 2. The van der Waals surface area contributed by atoms with Crippen LogP contribution in [0, 0.1) is 0 Å². The molecule has 0 unspecified atom stereocenters. The Morgan fingerprint density at radius 2 is 1.69 bits per heavy atom. The summed E-state index contributed by atoms with van der Waals surface area (Å²) in [6.07, 6.45) is 3.92. The molecule has 0 atom stereocenters. The largest absolute Gasteiger partial charge is 0.416 e. The fourth-order valence-electron chi connectivity index (χ4n) is 4.92. The molecule has 1 saturated heterocycles. The summed E-state index contributed by atoms with van der Waals surface area (Å²) in [5.41, 5.74) is 2.86. The first-order valence-corrected chi connectivity index (χ1v) is 13.2. The number of pyridine rings is 1. The van der Waals surface area contributed by atoms with Crippen molar-refractivity contribution in [3.05, 3.63) is 95.8 Å². The van der Waals surface area contributed by atoms with E-state index in [-0.39, 0.29) is 11.9 Å². The van der Waals surface area contributed by atoms with E-state index in [0.29, 0.717) is 18.2 Å². The summed E-state index contributed by atoms with van der Waals surface area (Å²) in [4.78, 5) is 24.0. The molecule has 1 fully saturated rings. The number of anilines is 2. The van der Waals surface area contributed by atoms with E-state index in [0.717, 1.165) is 55.0 Å². The van der Waals surface area contributed by atoms with Crippen molar-refractivity contribution in [1.82, 2.24) is 14.8 Å². The number of carbonyl (C=O) groups excluding carboxylic acids is 1. The molecule has 0 aliphatic carbocycles. The van der Waals surface area contributed by atoms with Crippen LogP contribution in [-0.2, 0) is 17.5 Å². The van der Waals surface area contributed by atoms with Gasteiger partial charge in [-0.05, 0) is 80.3 Å². The highest BCUT2D eigenvalue weighted by Gasteiger charge is 2.30. The van der Waals surface area contributed by atoms with E-state index in [1.165, 1.54) is 18.2 Å². The zero-order valence-corrected chi connectivity index (χ0v) is 22.6. The lowest BCUT2D eigenvalue weighted by Gasteiger charge is -2.40. The van der Waals surface area contributed by atoms with Gasteiger partial charge in [-0.2, -0.15) is 13.2 Å². The second-order valence-corrected chi connectivity index (χ2v) is 10.2. The van der Waals surface area contributed by atoms with E-state index in [1.807, 2.05) is 42.3 Å². The van der Waals surface area contributed by atoms with Crippen LogP contribution in [0.2, 0.25) is 0 Å². The normalized spacial score (nSPS) is 15.2. The molecule has 0 radical (unpaired) electrons. The van der Waals surface area contributed by atoms with Crippen LogP contribution in [0.25, 0.3) is 6.08 Å². The number of hydrogen-bond donors (Lipinski definition) is 0. The predicted octanol–water partition coefficient (Wildman–Crippen LogP) is 6.78. The number of amides is 1. The summed E-state index contributed by atoms with van der Waals surface area (Å²) in [6, 6.07) is 17.4. The van der Waals surface area contributed by atoms with E-state index >= 15 is 0 Å². The number of piperidine rings is 1. The third-order valence-corrected chi connectivity index (χ3v) is 7.31. The van der Waals surface area contributed by atoms with Gasteiger partial charge in [0, 0.05) is 68.6 Å². The van der Waals surface area contributed by atoms with Gasteiger partial charge in [-0.1, -0.05) is 24.3 Å². The Morgan fingerprint density at radius 1 is 1.03 bits per heavy atom. The molecule has 5 nitrogen and oxygen atoms in total. The molecule has 1 amide bonds. The molecule has 1 aromatic heterocycles. The van der Waals surface area contributed by atoms with Crippen LogP contribution in [-0.4, -0.2) is 52.9 Å². The minimum Gasteiger partial charge on any atom is -0.345 e. The number of alkyl halides is 3. The average molecular weight is 537 g/mol. The van der Waals surface area contributed by atoms with Crippen molar-refractivity contribution < 1.29 is 18.0 Å². The van der Waals surface area contributed by atoms with Crippen LogP contribution in [0.4, 0.5) is 24.5 Å². The lowest BCUT2D eigenvalue weighted by Crippen LogP contribution is -2.48. The Morgan fingerprint density at radius 3 is 2.31 bits per heavy atom. The molecule has 1 aliphatic heterocycles. The maximum Gasteiger partial charge on any atom is 0.416 e. The Bertz CT molecular complexity index is 1250. The molecule has 39 heavy (non-hydrogen) atoms. The minimum atomic E-state index is -4.39. The van der Waals surface area contributed by atoms with Crippen molar-refractivity contribution >= 4 is 23.4 Å². The van der Waals surface area contributed by atoms with Gasteiger partial charge >= 0.3 is 6.18 Å². The highest BCUT2D eigenvalue weighted by atomic mass is 19.4. The molecule has 8 heteroatoms. The van der Waals surface area contributed by atoms with Crippen molar-refractivity contribution in [3.63, 3.8) is 0 Å². The van der Waals surface area contributed by atoms with Crippen molar-refractivity contribution in [3.8, 4) is 0 Å². The first-order valence-electron chi connectivity index (χ1n) is 13.2. The van der Waals surface area contributed by atoms with Crippen LogP contribution < -0.4 is 4.90 Å². The summed E-state index contributed by atoms with van der Waals surface area (Å²) in [5, 5.41) is 0. The maximum absolute atomic E-state index is 13.5. The Balaban J connectivity index is 1.54. The van der Waals surface area contributed by atoms with Crippen LogP contribution in [0.1, 0.15) is 43.4 Å². The van der Waals surface area contributed by atoms with Gasteiger partial charge in [0.25, 0.3) is 0 Å². The van der Waals surface area contributed by atoms with E-state index in [9.17, 15) is 18.0 Å². The number of hydrogen-bond acceptors (Lipinski definition) is 4. The van der Waals surface area contributed by atoms with Crippen LogP contribution >= 0.6 is 0 Å². The van der Waals surface area contributed by atoms with E-state index in [2.05, 4.69) is 34.7 Å². The molecule has 2 aromatic carbocycles. The first-order chi connectivity index (χ1) is 18.6. The van der Waals surface area contributed by atoms with Gasteiger partial charge in [0.1, 0.15) is 0 Å². The molecular formula is C31H35F3N4O. The molecule has 3 aromatic rings. The zero-order chi connectivity index (χ0) is 28.0. The quantitative estimate of drug-likeness (QED) is 0.298. The summed E-state index contributed by atoms with van der Waals surface area (Å²) in [6.45, 7) is 6.64. The van der Waals surface area contributed by atoms with Gasteiger partial charge in [0.2, 0.25) is 5.91 Å².